The van der Waals surface area contributed by atoms with Crippen LogP contribution in [0.1, 0.15) is 17.3 Å². The van der Waals surface area contributed by atoms with Crippen LogP contribution >= 0.6 is 0 Å². The molecular weight excluding hydrogens is 318 g/mol. The number of benzene rings is 1. The summed E-state index contributed by atoms with van der Waals surface area (Å²) in [6.45, 7) is 4.54. The second-order valence-electron chi connectivity index (χ2n) is 5.52. The molecule has 1 amide bonds. The SMILES string of the molecule is CCS(=O)(=O)Nc1cc(C(=O)N2CCN(C)CC2)ccc1OC. The Labute approximate surface area is 137 Å². The van der Waals surface area contributed by atoms with Gasteiger partial charge in [-0.3, -0.25) is 9.52 Å². The minimum absolute atomic E-state index is 0.0488. The summed E-state index contributed by atoms with van der Waals surface area (Å²) in [7, 11) is 0.0387. The summed E-state index contributed by atoms with van der Waals surface area (Å²) in [5.74, 6) is 0.238. The molecule has 23 heavy (non-hydrogen) atoms. The molecule has 1 aromatic carbocycles. The number of anilines is 1. The lowest BCUT2D eigenvalue weighted by molar-refractivity contribution is 0.0664. The molecular formula is C15H23N3O4S. The van der Waals surface area contributed by atoms with Gasteiger partial charge in [0.05, 0.1) is 18.6 Å². The molecule has 0 radical (unpaired) electrons. The lowest BCUT2D eigenvalue weighted by Gasteiger charge is -2.32. The van der Waals surface area contributed by atoms with Gasteiger partial charge in [0.2, 0.25) is 10.0 Å². The largest absolute Gasteiger partial charge is 0.495 e. The third-order valence-electron chi connectivity index (χ3n) is 3.88. The first-order chi connectivity index (χ1) is 10.9. The van der Waals surface area contributed by atoms with Crippen LogP contribution in [0.25, 0.3) is 0 Å². The molecule has 0 unspecified atom stereocenters. The van der Waals surface area contributed by atoms with Crippen LogP contribution < -0.4 is 9.46 Å². The summed E-state index contributed by atoms with van der Waals surface area (Å²) >= 11 is 0. The van der Waals surface area contributed by atoms with Crippen LogP contribution in [0, 0.1) is 0 Å². The molecule has 0 saturated carbocycles. The van der Waals surface area contributed by atoms with E-state index in [-0.39, 0.29) is 17.3 Å². The number of hydrogen-bond donors (Lipinski definition) is 1. The normalized spacial score (nSPS) is 16.2. The molecule has 1 aliphatic rings. The van der Waals surface area contributed by atoms with Crippen LogP contribution in [0.2, 0.25) is 0 Å². The van der Waals surface area contributed by atoms with Crippen LogP contribution in [0.3, 0.4) is 0 Å². The van der Waals surface area contributed by atoms with Crippen LogP contribution in [0.15, 0.2) is 18.2 Å². The average Bonchev–Trinajstić information content (AvgIpc) is 2.54. The van der Waals surface area contributed by atoms with Crippen LogP contribution in [-0.4, -0.2) is 70.2 Å². The summed E-state index contributed by atoms with van der Waals surface area (Å²) in [5.41, 5.74) is 0.735. The van der Waals surface area contributed by atoms with Gasteiger partial charge in [-0.1, -0.05) is 0 Å². The van der Waals surface area contributed by atoms with E-state index < -0.39 is 10.0 Å². The summed E-state index contributed by atoms with van der Waals surface area (Å²) in [6.07, 6.45) is 0. The number of piperazine rings is 1. The molecule has 1 heterocycles. The monoisotopic (exact) mass is 341 g/mol. The number of nitrogens with zero attached hydrogens (tertiary/aromatic N) is 2. The predicted molar refractivity (Wildman–Crippen MR) is 89.5 cm³/mol. The van der Waals surface area contributed by atoms with Crippen molar-refractivity contribution in [3.8, 4) is 5.75 Å². The molecule has 0 aromatic heterocycles. The Kier molecular flexibility index (Phi) is 5.48. The van der Waals surface area contributed by atoms with Gasteiger partial charge in [-0.25, -0.2) is 8.42 Å². The molecule has 1 N–H and O–H groups in total. The highest BCUT2D eigenvalue weighted by Gasteiger charge is 2.22. The standard InChI is InChI=1S/C15H23N3O4S/c1-4-23(20,21)16-13-11-12(5-6-14(13)22-3)15(19)18-9-7-17(2)8-10-18/h5-6,11,16H,4,7-10H2,1-3H3. The Morgan fingerprint density at radius 3 is 2.48 bits per heavy atom. The fourth-order valence-electron chi connectivity index (χ4n) is 2.35. The quantitative estimate of drug-likeness (QED) is 0.859. The fourth-order valence-corrected chi connectivity index (χ4v) is 2.99. The Balaban J connectivity index is 2.24. The summed E-state index contributed by atoms with van der Waals surface area (Å²) < 4.78 is 31.2. The molecule has 0 aliphatic carbocycles. The Morgan fingerprint density at radius 2 is 1.91 bits per heavy atom. The first kappa shape index (κ1) is 17.6. The molecule has 8 heteroatoms. The highest BCUT2D eigenvalue weighted by atomic mass is 32.2. The summed E-state index contributed by atoms with van der Waals surface area (Å²) in [5, 5.41) is 0. The molecule has 1 fully saturated rings. The third-order valence-corrected chi connectivity index (χ3v) is 5.17. The number of ether oxygens (including phenoxy) is 1. The molecule has 2 rings (SSSR count). The number of hydrogen-bond acceptors (Lipinski definition) is 5. The number of sulfonamides is 1. The van der Waals surface area contributed by atoms with Crippen LogP contribution in [-0.2, 0) is 10.0 Å². The van der Waals surface area contributed by atoms with Gasteiger partial charge in [-0.15, -0.1) is 0 Å². The second-order valence-corrected chi connectivity index (χ2v) is 7.53. The number of likely N-dealkylation sites (N-methyl/N-ethyl adjacent to an activating group) is 1. The maximum Gasteiger partial charge on any atom is 0.254 e. The van der Waals surface area contributed by atoms with E-state index in [0.717, 1.165) is 13.1 Å². The molecule has 0 spiro atoms. The maximum atomic E-state index is 12.6. The lowest BCUT2D eigenvalue weighted by Crippen LogP contribution is -2.47. The average molecular weight is 341 g/mol. The van der Waals surface area contributed by atoms with E-state index in [4.69, 9.17) is 4.74 Å². The van der Waals surface area contributed by atoms with Crippen molar-refractivity contribution in [3.63, 3.8) is 0 Å². The fraction of sp³-hybridized carbons (Fsp3) is 0.533. The minimum atomic E-state index is -3.44. The van der Waals surface area contributed by atoms with Crippen LogP contribution in [0.4, 0.5) is 5.69 Å². The highest BCUT2D eigenvalue weighted by molar-refractivity contribution is 7.92. The molecule has 1 saturated heterocycles. The van der Waals surface area contributed by atoms with Gasteiger partial charge in [-0.2, -0.15) is 0 Å². The topological polar surface area (TPSA) is 79.0 Å². The van der Waals surface area contributed by atoms with Gasteiger partial charge >= 0.3 is 0 Å². The molecule has 0 atom stereocenters. The third kappa shape index (κ3) is 4.35. The number of carbonyl (C=O) groups is 1. The maximum absolute atomic E-state index is 12.6. The van der Waals surface area contributed by atoms with Crippen molar-refractivity contribution in [2.45, 2.75) is 6.92 Å². The summed E-state index contributed by atoms with van der Waals surface area (Å²) in [6, 6.07) is 4.80. The molecule has 7 nitrogen and oxygen atoms in total. The smallest absolute Gasteiger partial charge is 0.254 e. The Hall–Kier alpha value is -1.80. The van der Waals surface area contributed by atoms with E-state index in [1.807, 2.05) is 7.05 Å². The molecule has 0 bridgehead atoms. The van der Waals surface area contributed by atoms with Crippen LogP contribution in [0.5, 0.6) is 5.75 Å². The number of amides is 1. The zero-order valence-corrected chi connectivity index (χ0v) is 14.5. The van der Waals surface area contributed by atoms with Gasteiger partial charge in [-0.05, 0) is 32.2 Å². The number of methoxy groups -OCH3 is 1. The van der Waals surface area contributed by atoms with Crippen molar-refractivity contribution >= 4 is 21.6 Å². The molecule has 128 valence electrons. The van der Waals surface area contributed by atoms with Gasteiger partial charge in [0.15, 0.2) is 0 Å². The van der Waals surface area contributed by atoms with Crippen molar-refractivity contribution < 1.29 is 17.9 Å². The van der Waals surface area contributed by atoms with Gasteiger partial charge in [0, 0.05) is 31.7 Å². The van der Waals surface area contributed by atoms with E-state index >= 15 is 0 Å². The molecule has 1 aromatic rings. The van der Waals surface area contributed by atoms with E-state index in [9.17, 15) is 13.2 Å². The van der Waals surface area contributed by atoms with Crippen molar-refractivity contribution in [3.05, 3.63) is 23.8 Å². The Morgan fingerprint density at radius 1 is 1.26 bits per heavy atom. The van der Waals surface area contributed by atoms with Crippen molar-refractivity contribution in [2.24, 2.45) is 0 Å². The van der Waals surface area contributed by atoms with E-state index in [1.54, 1.807) is 24.0 Å². The number of rotatable bonds is 5. The van der Waals surface area contributed by atoms with Gasteiger partial charge < -0.3 is 14.5 Å². The van der Waals surface area contributed by atoms with Gasteiger partial charge in [0.1, 0.15) is 5.75 Å². The zero-order chi connectivity index (χ0) is 17.0. The summed E-state index contributed by atoms with van der Waals surface area (Å²) in [4.78, 5) is 16.5. The van der Waals surface area contributed by atoms with Crippen molar-refractivity contribution in [1.29, 1.82) is 0 Å². The number of nitrogens with one attached hydrogen (secondary N) is 1. The minimum Gasteiger partial charge on any atom is -0.495 e. The first-order valence-electron chi connectivity index (χ1n) is 7.52. The van der Waals surface area contributed by atoms with E-state index in [2.05, 4.69) is 9.62 Å². The Bertz CT molecular complexity index is 667. The van der Waals surface area contributed by atoms with Crippen molar-refractivity contribution in [1.82, 2.24) is 9.80 Å². The van der Waals surface area contributed by atoms with Crippen molar-refractivity contribution in [2.75, 3.05) is 50.8 Å². The molecule has 1 aliphatic heterocycles. The number of carbonyl (C=O) groups excluding carboxylic acids is 1. The highest BCUT2D eigenvalue weighted by Crippen LogP contribution is 2.27. The van der Waals surface area contributed by atoms with E-state index in [1.165, 1.54) is 13.2 Å². The second kappa shape index (κ2) is 7.18. The first-order valence-corrected chi connectivity index (χ1v) is 9.18. The zero-order valence-electron chi connectivity index (χ0n) is 13.7. The van der Waals surface area contributed by atoms with Gasteiger partial charge in [0.25, 0.3) is 5.91 Å². The lowest BCUT2D eigenvalue weighted by atomic mass is 10.1. The predicted octanol–water partition coefficient (Wildman–Crippen LogP) is 0.844. The van der Waals surface area contributed by atoms with E-state index in [0.29, 0.717) is 24.4 Å².